The Kier molecular flexibility index (Phi) is 8.69. The van der Waals surface area contributed by atoms with Gasteiger partial charge in [0.25, 0.3) is 0 Å². The summed E-state index contributed by atoms with van der Waals surface area (Å²) >= 11 is 0. The molecular formula is C16H33NO3. The molecule has 0 bridgehead atoms. The number of hydrogen-bond donors (Lipinski definition) is 1. The van der Waals surface area contributed by atoms with E-state index in [4.69, 9.17) is 14.2 Å². The van der Waals surface area contributed by atoms with Gasteiger partial charge in [-0.05, 0) is 32.2 Å². The second kappa shape index (κ2) is 9.72. The van der Waals surface area contributed by atoms with Crippen LogP contribution in [0.25, 0.3) is 0 Å². The first-order valence-corrected chi connectivity index (χ1v) is 8.16. The molecule has 0 saturated heterocycles. The van der Waals surface area contributed by atoms with Crippen molar-refractivity contribution in [1.29, 1.82) is 0 Å². The molecule has 4 heteroatoms. The summed E-state index contributed by atoms with van der Waals surface area (Å²) in [6.45, 7) is 10.7. The van der Waals surface area contributed by atoms with E-state index in [-0.39, 0.29) is 0 Å². The van der Waals surface area contributed by atoms with Gasteiger partial charge in [-0.1, -0.05) is 20.8 Å². The first-order chi connectivity index (χ1) is 9.75. The summed E-state index contributed by atoms with van der Waals surface area (Å²) in [5.74, 6) is 0. The van der Waals surface area contributed by atoms with Gasteiger partial charge in [0.05, 0.1) is 19.3 Å². The number of rotatable bonds is 12. The van der Waals surface area contributed by atoms with E-state index >= 15 is 0 Å². The summed E-state index contributed by atoms with van der Waals surface area (Å²) in [6, 6.07) is 0.630. The van der Waals surface area contributed by atoms with Crippen LogP contribution in [0.15, 0.2) is 0 Å². The van der Waals surface area contributed by atoms with E-state index in [1.54, 1.807) is 7.11 Å². The highest BCUT2D eigenvalue weighted by molar-refractivity contribution is 5.06. The monoisotopic (exact) mass is 287 g/mol. The van der Waals surface area contributed by atoms with Crippen molar-refractivity contribution in [2.75, 3.05) is 40.1 Å². The summed E-state index contributed by atoms with van der Waals surface area (Å²) < 4.78 is 16.5. The molecule has 0 radical (unpaired) electrons. The van der Waals surface area contributed by atoms with Gasteiger partial charge in [-0.15, -0.1) is 0 Å². The van der Waals surface area contributed by atoms with Crippen molar-refractivity contribution < 1.29 is 14.2 Å². The van der Waals surface area contributed by atoms with Crippen molar-refractivity contribution in [3.8, 4) is 0 Å². The minimum absolute atomic E-state index is 0.340. The van der Waals surface area contributed by atoms with E-state index in [0.29, 0.717) is 30.8 Å². The summed E-state index contributed by atoms with van der Waals surface area (Å²) in [7, 11) is 1.69. The Bertz CT molecular complexity index is 244. The molecule has 1 saturated carbocycles. The van der Waals surface area contributed by atoms with Crippen molar-refractivity contribution >= 4 is 0 Å². The number of methoxy groups -OCH3 is 1. The number of nitrogens with one attached hydrogen (secondary N) is 1. The van der Waals surface area contributed by atoms with Gasteiger partial charge in [0.15, 0.2) is 0 Å². The maximum absolute atomic E-state index is 6.11. The van der Waals surface area contributed by atoms with Crippen LogP contribution in [-0.2, 0) is 14.2 Å². The zero-order chi connectivity index (χ0) is 14.8. The highest BCUT2D eigenvalue weighted by atomic mass is 16.5. The standard InChI is InChI=1S/C16H33NO3/c1-5-16(6-2)14(17-7-3)13-15(16)20-10-8-9-19-12-11-18-4/h14-15,17H,5-13H2,1-4H3. The molecule has 20 heavy (non-hydrogen) atoms. The minimum Gasteiger partial charge on any atom is -0.382 e. The van der Waals surface area contributed by atoms with Crippen molar-refractivity contribution in [2.45, 2.75) is 58.6 Å². The van der Waals surface area contributed by atoms with Crippen LogP contribution >= 0.6 is 0 Å². The van der Waals surface area contributed by atoms with Gasteiger partial charge in [-0.3, -0.25) is 0 Å². The quantitative estimate of drug-likeness (QED) is 0.560. The maximum Gasteiger partial charge on any atom is 0.0700 e. The lowest BCUT2D eigenvalue weighted by molar-refractivity contribution is -0.142. The first-order valence-electron chi connectivity index (χ1n) is 8.16. The van der Waals surface area contributed by atoms with E-state index in [1.807, 2.05) is 0 Å². The zero-order valence-electron chi connectivity index (χ0n) is 13.7. The summed E-state index contributed by atoms with van der Waals surface area (Å²) in [6.07, 6.45) is 4.92. The van der Waals surface area contributed by atoms with Crippen LogP contribution in [0.2, 0.25) is 0 Å². The average molecular weight is 287 g/mol. The van der Waals surface area contributed by atoms with Crippen molar-refractivity contribution in [2.24, 2.45) is 5.41 Å². The van der Waals surface area contributed by atoms with Crippen LogP contribution in [0, 0.1) is 5.41 Å². The fourth-order valence-corrected chi connectivity index (χ4v) is 3.34. The second-order valence-corrected chi connectivity index (χ2v) is 5.60. The Labute approximate surface area is 124 Å². The van der Waals surface area contributed by atoms with Crippen LogP contribution in [-0.4, -0.2) is 52.2 Å². The Morgan fingerprint density at radius 1 is 1.05 bits per heavy atom. The third-order valence-corrected chi connectivity index (χ3v) is 4.74. The smallest absolute Gasteiger partial charge is 0.0700 e. The zero-order valence-corrected chi connectivity index (χ0v) is 13.7. The molecule has 2 unspecified atom stereocenters. The van der Waals surface area contributed by atoms with Gasteiger partial charge in [-0.25, -0.2) is 0 Å². The van der Waals surface area contributed by atoms with Crippen molar-refractivity contribution in [1.82, 2.24) is 5.32 Å². The lowest BCUT2D eigenvalue weighted by Crippen LogP contribution is -2.63. The number of hydrogen-bond acceptors (Lipinski definition) is 4. The summed E-state index contributed by atoms with van der Waals surface area (Å²) in [5.41, 5.74) is 0.340. The predicted octanol–water partition coefficient (Wildman–Crippen LogP) is 2.61. The Hall–Kier alpha value is -0.160. The Balaban J connectivity index is 2.20. The molecule has 0 spiro atoms. The third kappa shape index (κ3) is 4.42. The fourth-order valence-electron chi connectivity index (χ4n) is 3.34. The molecule has 1 rings (SSSR count). The molecule has 0 amide bonds. The molecule has 0 aromatic heterocycles. The van der Waals surface area contributed by atoms with Crippen molar-refractivity contribution in [3.63, 3.8) is 0 Å². The molecule has 0 aliphatic heterocycles. The molecule has 1 aliphatic carbocycles. The topological polar surface area (TPSA) is 39.7 Å². The lowest BCUT2D eigenvalue weighted by Gasteiger charge is -2.55. The van der Waals surface area contributed by atoms with Gasteiger partial charge in [0.1, 0.15) is 0 Å². The van der Waals surface area contributed by atoms with E-state index in [9.17, 15) is 0 Å². The largest absolute Gasteiger partial charge is 0.382 e. The molecule has 1 N–H and O–H groups in total. The lowest BCUT2D eigenvalue weighted by atomic mass is 9.58. The SMILES string of the molecule is CCNC1CC(OCCCOCCOC)C1(CC)CC. The van der Waals surface area contributed by atoms with E-state index in [2.05, 4.69) is 26.1 Å². The van der Waals surface area contributed by atoms with Crippen LogP contribution in [0.4, 0.5) is 0 Å². The molecule has 1 fully saturated rings. The van der Waals surface area contributed by atoms with Gasteiger partial charge in [0, 0.05) is 31.8 Å². The molecule has 2 atom stereocenters. The second-order valence-electron chi connectivity index (χ2n) is 5.60. The van der Waals surface area contributed by atoms with Crippen LogP contribution in [0.5, 0.6) is 0 Å². The minimum atomic E-state index is 0.340. The van der Waals surface area contributed by atoms with E-state index in [1.165, 1.54) is 12.8 Å². The van der Waals surface area contributed by atoms with Gasteiger partial charge in [-0.2, -0.15) is 0 Å². The highest BCUT2D eigenvalue weighted by Crippen LogP contribution is 2.48. The van der Waals surface area contributed by atoms with Crippen LogP contribution in [0.3, 0.4) is 0 Å². The third-order valence-electron chi connectivity index (χ3n) is 4.74. The van der Waals surface area contributed by atoms with Crippen molar-refractivity contribution in [3.05, 3.63) is 0 Å². The molecule has 0 heterocycles. The molecule has 0 aromatic carbocycles. The van der Waals surface area contributed by atoms with Crippen LogP contribution < -0.4 is 5.32 Å². The molecule has 120 valence electrons. The highest BCUT2D eigenvalue weighted by Gasteiger charge is 2.52. The van der Waals surface area contributed by atoms with Crippen LogP contribution in [0.1, 0.15) is 46.5 Å². The Morgan fingerprint density at radius 3 is 2.40 bits per heavy atom. The predicted molar refractivity (Wildman–Crippen MR) is 82.1 cm³/mol. The van der Waals surface area contributed by atoms with E-state index < -0.39 is 0 Å². The molecule has 4 nitrogen and oxygen atoms in total. The normalized spacial score (nSPS) is 24.6. The molecule has 1 aliphatic rings. The van der Waals surface area contributed by atoms with E-state index in [0.717, 1.165) is 32.6 Å². The average Bonchev–Trinajstić information content (AvgIpc) is 2.45. The number of ether oxygens (including phenoxy) is 3. The molecule has 0 aromatic rings. The molecular weight excluding hydrogens is 254 g/mol. The summed E-state index contributed by atoms with van der Waals surface area (Å²) in [4.78, 5) is 0. The van der Waals surface area contributed by atoms with Gasteiger partial charge in [0.2, 0.25) is 0 Å². The fraction of sp³-hybridized carbons (Fsp3) is 1.00. The first kappa shape index (κ1) is 17.9. The summed E-state index contributed by atoms with van der Waals surface area (Å²) in [5, 5.41) is 3.61. The Morgan fingerprint density at radius 2 is 1.80 bits per heavy atom. The van der Waals surface area contributed by atoms with Gasteiger partial charge < -0.3 is 19.5 Å². The maximum atomic E-state index is 6.11. The van der Waals surface area contributed by atoms with Gasteiger partial charge >= 0.3 is 0 Å².